The number of aldehydes is 1. The van der Waals surface area contributed by atoms with Crippen molar-refractivity contribution in [2.75, 3.05) is 6.61 Å². The third-order valence-electron chi connectivity index (χ3n) is 2.17. The molecule has 8 heteroatoms. The third-order valence-corrected chi connectivity index (χ3v) is 2.17. The van der Waals surface area contributed by atoms with Gasteiger partial charge in [0.2, 0.25) is 11.8 Å². The number of hydrogen-bond donors (Lipinski definition) is 5. The lowest BCUT2D eigenvalue weighted by molar-refractivity contribution is -0.133. The van der Waals surface area contributed by atoms with Crippen LogP contribution in [-0.4, -0.2) is 59.1 Å². The molecular formula is C10H19N3O5. The molecule has 2 amide bonds. The van der Waals surface area contributed by atoms with E-state index in [-0.39, 0.29) is 0 Å². The van der Waals surface area contributed by atoms with Gasteiger partial charge in [0.05, 0.1) is 18.8 Å². The van der Waals surface area contributed by atoms with Crippen LogP contribution in [0, 0.1) is 0 Å². The second-order valence-electron chi connectivity index (χ2n) is 3.95. The highest BCUT2D eigenvalue weighted by atomic mass is 16.3. The highest BCUT2D eigenvalue weighted by molar-refractivity contribution is 5.91. The lowest BCUT2D eigenvalue weighted by atomic mass is 10.1. The predicted octanol–water partition coefficient (Wildman–Crippen LogP) is -3.12. The first-order valence-electron chi connectivity index (χ1n) is 5.44. The lowest BCUT2D eigenvalue weighted by Crippen LogP contribution is -2.57. The van der Waals surface area contributed by atoms with Gasteiger partial charge < -0.3 is 31.4 Å². The molecule has 8 nitrogen and oxygen atoms in total. The van der Waals surface area contributed by atoms with E-state index in [1.54, 1.807) is 0 Å². The van der Waals surface area contributed by atoms with Crippen molar-refractivity contribution < 1.29 is 24.6 Å². The molecule has 104 valence electrons. The highest BCUT2D eigenvalue weighted by Crippen LogP contribution is 1.95. The number of aliphatic hydroxyl groups is 2. The van der Waals surface area contributed by atoms with Gasteiger partial charge in [-0.1, -0.05) is 0 Å². The van der Waals surface area contributed by atoms with Crippen molar-refractivity contribution in [1.29, 1.82) is 0 Å². The van der Waals surface area contributed by atoms with Crippen LogP contribution in [0.4, 0.5) is 0 Å². The molecule has 4 atom stereocenters. The summed E-state index contributed by atoms with van der Waals surface area (Å²) >= 11 is 0. The number of nitrogens with one attached hydrogen (secondary N) is 2. The number of hydrogen-bond acceptors (Lipinski definition) is 6. The van der Waals surface area contributed by atoms with Gasteiger partial charge in [-0.25, -0.2) is 0 Å². The van der Waals surface area contributed by atoms with Gasteiger partial charge in [-0.3, -0.25) is 9.59 Å². The van der Waals surface area contributed by atoms with Gasteiger partial charge in [0.1, 0.15) is 18.4 Å². The Hall–Kier alpha value is -1.51. The second-order valence-corrected chi connectivity index (χ2v) is 3.95. The minimum Gasteiger partial charge on any atom is -0.394 e. The van der Waals surface area contributed by atoms with E-state index in [4.69, 9.17) is 10.8 Å². The van der Waals surface area contributed by atoms with Crippen LogP contribution in [0.15, 0.2) is 0 Å². The summed E-state index contributed by atoms with van der Waals surface area (Å²) in [5.74, 6) is -1.47. The van der Waals surface area contributed by atoms with Crippen LogP contribution < -0.4 is 16.4 Å². The van der Waals surface area contributed by atoms with Crippen LogP contribution in [0.3, 0.4) is 0 Å². The van der Waals surface area contributed by atoms with Gasteiger partial charge >= 0.3 is 0 Å². The van der Waals surface area contributed by atoms with E-state index in [1.165, 1.54) is 13.8 Å². The molecule has 0 saturated carbocycles. The van der Waals surface area contributed by atoms with Gasteiger partial charge in [0, 0.05) is 0 Å². The molecule has 0 fully saturated rings. The Kier molecular flexibility index (Phi) is 7.10. The first kappa shape index (κ1) is 16.5. The molecule has 0 rings (SSSR count). The van der Waals surface area contributed by atoms with E-state index >= 15 is 0 Å². The maximum Gasteiger partial charge on any atom is 0.245 e. The van der Waals surface area contributed by atoms with E-state index < -0.39 is 42.7 Å². The number of rotatable bonds is 7. The van der Waals surface area contributed by atoms with Crippen LogP contribution in [0.25, 0.3) is 0 Å². The Morgan fingerprint density at radius 3 is 2.22 bits per heavy atom. The molecule has 0 aromatic heterocycles. The summed E-state index contributed by atoms with van der Waals surface area (Å²) in [5.41, 5.74) is 5.26. The predicted molar refractivity (Wildman–Crippen MR) is 62.3 cm³/mol. The molecule has 0 aromatic carbocycles. The van der Waals surface area contributed by atoms with Crippen LogP contribution in [0.2, 0.25) is 0 Å². The van der Waals surface area contributed by atoms with Crippen molar-refractivity contribution in [3.8, 4) is 0 Å². The van der Waals surface area contributed by atoms with Gasteiger partial charge in [-0.2, -0.15) is 0 Å². The topological polar surface area (TPSA) is 142 Å². The van der Waals surface area contributed by atoms with Crippen molar-refractivity contribution in [2.24, 2.45) is 5.73 Å². The maximum atomic E-state index is 11.7. The molecule has 0 heterocycles. The quantitative estimate of drug-likeness (QED) is 0.307. The smallest absolute Gasteiger partial charge is 0.245 e. The Morgan fingerprint density at radius 1 is 1.28 bits per heavy atom. The zero-order valence-corrected chi connectivity index (χ0v) is 10.3. The second kappa shape index (κ2) is 7.75. The summed E-state index contributed by atoms with van der Waals surface area (Å²) in [6.07, 6.45) is -0.656. The van der Waals surface area contributed by atoms with Gasteiger partial charge in [-0.05, 0) is 13.8 Å². The normalized spacial score (nSPS) is 17.2. The third kappa shape index (κ3) is 5.21. The first-order chi connectivity index (χ1) is 8.33. The average Bonchev–Trinajstić information content (AvgIpc) is 2.33. The number of carbonyl (C=O) groups excluding carboxylic acids is 3. The number of aliphatic hydroxyl groups excluding tert-OH is 2. The summed E-state index contributed by atoms with van der Waals surface area (Å²) < 4.78 is 0. The largest absolute Gasteiger partial charge is 0.394 e. The molecule has 0 spiro atoms. The summed E-state index contributed by atoms with van der Waals surface area (Å²) in [6.45, 7) is 2.18. The zero-order valence-electron chi connectivity index (χ0n) is 10.3. The molecule has 0 radical (unpaired) electrons. The highest BCUT2D eigenvalue weighted by Gasteiger charge is 2.28. The molecule has 18 heavy (non-hydrogen) atoms. The van der Waals surface area contributed by atoms with Crippen LogP contribution in [0.5, 0.6) is 0 Å². The van der Waals surface area contributed by atoms with Gasteiger partial charge in [0.25, 0.3) is 0 Å². The fraction of sp³-hybridized carbons (Fsp3) is 0.700. The summed E-state index contributed by atoms with van der Waals surface area (Å²) in [7, 11) is 0. The minimum atomic E-state index is -1.24. The average molecular weight is 261 g/mol. The zero-order chi connectivity index (χ0) is 14.3. The standard InChI is InChI=1S/C10H19N3O5/c1-5(3-14)12-10(18)8(6(2)16)13-9(17)7(11)4-15/h3,5-8,15-16H,4,11H2,1-2H3,(H,12,18)(H,13,17)/t5-,6+,7-,8-/m0/s1. The van der Waals surface area contributed by atoms with Crippen molar-refractivity contribution in [3.63, 3.8) is 0 Å². The summed E-state index contributed by atoms with van der Waals surface area (Å²) in [6, 6.07) is -3.15. The summed E-state index contributed by atoms with van der Waals surface area (Å²) in [5, 5.41) is 22.6. The summed E-state index contributed by atoms with van der Waals surface area (Å²) in [4.78, 5) is 33.4. The van der Waals surface area contributed by atoms with Gasteiger partial charge in [-0.15, -0.1) is 0 Å². The number of carbonyl (C=O) groups is 3. The van der Waals surface area contributed by atoms with Crippen LogP contribution in [0.1, 0.15) is 13.8 Å². The molecule has 6 N–H and O–H groups in total. The van der Waals surface area contributed by atoms with E-state index in [0.717, 1.165) is 0 Å². The van der Waals surface area contributed by atoms with E-state index in [9.17, 15) is 19.5 Å². The number of amides is 2. The Balaban J connectivity index is 4.61. The van der Waals surface area contributed by atoms with Gasteiger partial charge in [0.15, 0.2) is 0 Å². The van der Waals surface area contributed by atoms with Crippen molar-refractivity contribution in [3.05, 3.63) is 0 Å². The van der Waals surface area contributed by atoms with Crippen LogP contribution >= 0.6 is 0 Å². The van der Waals surface area contributed by atoms with Crippen molar-refractivity contribution in [1.82, 2.24) is 10.6 Å². The van der Waals surface area contributed by atoms with E-state index in [1.807, 2.05) is 0 Å². The first-order valence-corrected chi connectivity index (χ1v) is 5.44. The molecule has 0 aliphatic rings. The van der Waals surface area contributed by atoms with Crippen molar-refractivity contribution >= 4 is 18.1 Å². The molecule has 0 aromatic rings. The molecule has 0 bridgehead atoms. The van der Waals surface area contributed by atoms with Crippen LogP contribution in [-0.2, 0) is 14.4 Å². The molecule has 0 saturated heterocycles. The van der Waals surface area contributed by atoms with E-state index in [2.05, 4.69) is 10.6 Å². The SMILES string of the molecule is C[C@@H](C=O)NC(=O)[C@@H](NC(=O)[C@@H](N)CO)[C@@H](C)O. The van der Waals surface area contributed by atoms with E-state index in [0.29, 0.717) is 6.29 Å². The Bertz CT molecular complexity index is 308. The molecule has 0 unspecified atom stereocenters. The Labute approximate surface area is 105 Å². The lowest BCUT2D eigenvalue weighted by Gasteiger charge is -2.23. The maximum absolute atomic E-state index is 11.7. The molecule has 0 aliphatic carbocycles. The molecule has 0 aliphatic heterocycles. The fourth-order valence-electron chi connectivity index (χ4n) is 1.10. The minimum absolute atomic E-state index is 0.512. The number of nitrogens with two attached hydrogens (primary N) is 1. The molecular weight excluding hydrogens is 242 g/mol. The monoisotopic (exact) mass is 261 g/mol. The fourth-order valence-corrected chi connectivity index (χ4v) is 1.10. The Morgan fingerprint density at radius 2 is 1.83 bits per heavy atom. The van der Waals surface area contributed by atoms with Crippen molar-refractivity contribution in [2.45, 2.75) is 38.1 Å².